The number of anilines is 2. The van der Waals surface area contributed by atoms with E-state index in [0.29, 0.717) is 5.92 Å². The first-order valence-corrected chi connectivity index (χ1v) is 9.36. The molecule has 3 heteroatoms. The van der Waals surface area contributed by atoms with E-state index in [4.69, 9.17) is 0 Å². The number of para-hydroxylation sites is 2. The van der Waals surface area contributed by atoms with Gasteiger partial charge in [0, 0.05) is 0 Å². The van der Waals surface area contributed by atoms with Gasteiger partial charge in [-0.05, 0) is 54.9 Å². The Morgan fingerprint density at radius 2 is 1.58 bits per heavy atom. The highest BCUT2D eigenvalue weighted by Gasteiger charge is 2.61. The van der Waals surface area contributed by atoms with Crippen LogP contribution in [0.5, 0.6) is 0 Å². The lowest BCUT2D eigenvalue weighted by molar-refractivity contribution is -0.128. The fourth-order valence-electron chi connectivity index (χ4n) is 4.78. The van der Waals surface area contributed by atoms with E-state index in [2.05, 4.69) is 25.9 Å². The maximum atomic E-state index is 13.5. The molecule has 3 nitrogen and oxygen atoms in total. The van der Waals surface area contributed by atoms with Crippen molar-refractivity contribution in [2.45, 2.75) is 33.1 Å². The molecule has 2 atom stereocenters. The first kappa shape index (κ1) is 16.9. The van der Waals surface area contributed by atoms with E-state index >= 15 is 0 Å². The van der Waals surface area contributed by atoms with E-state index in [1.165, 1.54) is 0 Å². The number of hydrazine groups is 1. The summed E-state index contributed by atoms with van der Waals surface area (Å²) in [6.45, 7) is 8.83. The quantitative estimate of drug-likeness (QED) is 0.606. The Morgan fingerprint density at radius 3 is 2.04 bits per heavy atom. The van der Waals surface area contributed by atoms with Crippen molar-refractivity contribution in [1.82, 2.24) is 5.43 Å². The van der Waals surface area contributed by atoms with E-state index in [0.717, 1.165) is 36.2 Å². The molecule has 0 aromatic heterocycles. The van der Waals surface area contributed by atoms with Gasteiger partial charge in [0.05, 0.1) is 16.8 Å². The first-order valence-electron chi connectivity index (χ1n) is 9.36. The average molecular weight is 346 g/mol. The molecule has 0 unspecified atom stereocenters. The van der Waals surface area contributed by atoms with Gasteiger partial charge in [-0.2, -0.15) is 0 Å². The minimum absolute atomic E-state index is 0.0416. The number of nitrogens with one attached hydrogen (secondary N) is 1. The third-order valence-corrected chi connectivity index (χ3v) is 6.57. The number of nitrogens with zero attached hydrogens (tertiary/aromatic N) is 1. The number of fused-ring (bicyclic) bond motifs is 2. The minimum Gasteiger partial charge on any atom is -0.272 e. The molecular weight excluding hydrogens is 320 g/mol. The van der Waals surface area contributed by atoms with Crippen molar-refractivity contribution in [2.24, 2.45) is 16.7 Å². The van der Waals surface area contributed by atoms with Crippen LogP contribution in [-0.2, 0) is 4.79 Å². The molecule has 0 aliphatic heterocycles. The van der Waals surface area contributed by atoms with Gasteiger partial charge in [-0.25, -0.2) is 0 Å². The van der Waals surface area contributed by atoms with Crippen molar-refractivity contribution in [3.8, 4) is 0 Å². The Labute approximate surface area is 155 Å². The van der Waals surface area contributed by atoms with Gasteiger partial charge >= 0.3 is 0 Å². The van der Waals surface area contributed by atoms with Crippen molar-refractivity contribution in [3.05, 3.63) is 72.8 Å². The predicted molar refractivity (Wildman–Crippen MR) is 106 cm³/mol. The lowest BCUT2D eigenvalue weighted by atomic mass is 9.68. The number of rotatable bonds is 4. The van der Waals surface area contributed by atoms with Crippen LogP contribution in [0.15, 0.2) is 72.8 Å². The van der Waals surface area contributed by atoms with E-state index in [1.807, 2.05) is 65.7 Å². The summed E-state index contributed by atoms with van der Waals surface area (Å²) in [5, 5.41) is 1.89. The fraction of sp³-hybridized carbons (Fsp3) is 0.348. The molecule has 26 heavy (non-hydrogen) atoms. The molecule has 0 spiro atoms. The van der Waals surface area contributed by atoms with Gasteiger partial charge < -0.3 is 0 Å². The molecule has 0 heterocycles. The second-order valence-electron chi connectivity index (χ2n) is 8.17. The summed E-state index contributed by atoms with van der Waals surface area (Å²) in [4.78, 5) is 13.5. The maximum Gasteiger partial charge on any atom is 0.249 e. The molecule has 2 fully saturated rings. The zero-order chi connectivity index (χ0) is 18.4. The van der Waals surface area contributed by atoms with Crippen LogP contribution in [0.2, 0.25) is 0 Å². The van der Waals surface area contributed by atoms with Gasteiger partial charge in [0.25, 0.3) is 0 Å². The molecule has 2 aromatic rings. The molecule has 2 aliphatic carbocycles. The molecule has 2 aromatic carbocycles. The maximum absolute atomic E-state index is 13.5. The first-order chi connectivity index (χ1) is 12.4. The Bertz CT molecular complexity index is 788. The summed E-state index contributed by atoms with van der Waals surface area (Å²) in [6.07, 6.45) is 2.93. The number of amides is 1. The van der Waals surface area contributed by atoms with Crippen molar-refractivity contribution < 1.29 is 4.79 Å². The SMILES string of the molecule is C=C1C(C)(C)[C@@H]2CC[C@@]1(C(=O)NN(c1ccccc1)c1ccccc1)C2. The third kappa shape index (κ3) is 2.45. The highest BCUT2D eigenvalue weighted by Crippen LogP contribution is 2.65. The standard InChI is InChI=1S/C23H26N2O/c1-17-22(2,3)18-14-15-23(17,16-18)21(26)24-25(19-10-6-4-7-11-19)20-12-8-5-9-13-20/h4-13,18H,1,14-16H2,2-3H3,(H,24,26)/t18-,23-/m1/s1. The van der Waals surface area contributed by atoms with Gasteiger partial charge in [-0.1, -0.05) is 62.4 Å². The largest absolute Gasteiger partial charge is 0.272 e. The van der Waals surface area contributed by atoms with Crippen molar-refractivity contribution in [2.75, 3.05) is 5.01 Å². The minimum atomic E-state index is -0.435. The van der Waals surface area contributed by atoms with Gasteiger partial charge in [0.1, 0.15) is 0 Å². The highest BCUT2D eigenvalue weighted by atomic mass is 16.2. The Kier molecular flexibility index (Phi) is 3.91. The van der Waals surface area contributed by atoms with Crippen LogP contribution in [0, 0.1) is 16.7 Å². The Balaban J connectivity index is 1.67. The lowest BCUT2D eigenvalue weighted by Crippen LogP contribution is -2.48. The second kappa shape index (κ2) is 6.01. The number of hydrogen-bond donors (Lipinski definition) is 1. The summed E-state index contributed by atoms with van der Waals surface area (Å²) in [7, 11) is 0. The van der Waals surface area contributed by atoms with Gasteiger partial charge in [0.2, 0.25) is 5.91 Å². The normalized spacial score (nSPS) is 25.9. The van der Waals surface area contributed by atoms with E-state index in [-0.39, 0.29) is 11.3 Å². The summed E-state index contributed by atoms with van der Waals surface area (Å²) in [5.41, 5.74) is 5.81. The molecule has 1 amide bonds. The van der Waals surface area contributed by atoms with E-state index in [1.54, 1.807) is 0 Å². The molecule has 2 bridgehead atoms. The van der Waals surface area contributed by atoms with Gasteiger partial charge in [0.15, 0.2) is 0 Å². The third-order valence-electron chi connectivity index (χ3n) is 6.57. The second-order valence-corrected chi connectivity index (χ2v) is 8.17. The molecule has 0 saturated heterocycles. The molecular formula is C23H26N2O. The van der Waals surface area contributed by atoms with Crippen LogP contribution in [0.25, 0.3) is 0 Å². The molecule has 4 rings (SSSR count). The van der Waals surface area contributed by atoms with Crippen LogP contribution >= 0.6 is 0 Å². The predicted octanol–water partition coefficient (Wildman–Crippen LogP) is 5.24. The van der Waals surface area contributed by atoms with Crippen LogP contribution in [0.4, 0.5) is 11.4 Å². The topological polar surface area (TPSA) is 32.3 Å². The lowest BCUT2D eigenvalue weighted by Gasteiger charge is -2.38. The van der Waals surface area contributed by atoms with E-state index in [9.17, 15) is 4.79 Å². The summed E-state index contributed by atoms with van der Waals surface area (Å²) < 4.78 is 0. The van der Waals surface area contributed by atoms with Crippen LogP contribution in [0.3, 0.4) is 0 Å². The monoisotopic (exact) mass is 346 g/mol. The Hall–Kier alpha value is -2.55. The fourth-order valence-corrected chi connectivity index (χ4v) is 4.78. The van der Waals surface area contributed by atoms with Crippen LogP contribution in [0.1, 0.15) is 33.1 Å². The smallest absolute Gasteiger partial charge is 0.249 e. The molecule has 134 valence electrons. The summed E-state index contributed by atoms with van der Waals surface area (Å²) in [5.74, 6) is 0.630. The number of carbonyl (C=O) groups is 1. The van der Waals surface area contributed by atoms with Crippen LogP contribution < -0.4 is 10.4 Å². The molecule has 0 radical (unpaired) electrons. The van der Waals surface area contributed by atoms with Crippen LogP contribution in [-0.4, -0.2) is 5.91 Å². The van der Waals surface area contributed by atoms with Gasteiger partial charge in [-0.15, -0.1) is 0 Å². The number of benzene rings is 2. The molecule has 2 aliphatic rings. The van der Waals surface area contributed by atoms with Gasteiger partial charge in [-0.3, -0.25) is 15.2 Å². The highest BCUT2D eigenvalue weighted by molar-refractivity contribution is 5.90. The summed E-state index contributed by atoms with van der Waals surface area (Å²) >= 11 is 0. The molecule has 1 N–H and O–H groups in total. The Morgan fingerprint density at radius 1 is 1.04 bits per heavy atom. The zero-order valence-corrected chi connectivity index (χ0v) is 15.5. The van der Waals surface area contributed by atoms with Crippen molar-refractivity contribution in [1.29, 1.82) is 0 Å². The summed E-state index contributed by atoms with van der Waals surface area (Å²) in [6, 6.07) is 19.9. The molecule has 2 saturated carbocycles. The van der Waals surface area contributed by atoms with Crippen molar-refractivity contribution >= 4 is 17.3 Å². The number of carbonyl (C=O) groups excluding carboxylic acids is 1. The van der Waals surface area contributed by atoms with Crippen molar-refractivity contribution in [3.63, 3.8) is 0 Å². The zero-order valence-electron chi connectivity index (χ0n) is 15.5. The van der Waals surface area contributed by atoms with E-state index < -0.39 is 5.41 Å². The average Bonchev–Trinajstić information content (AvgIpc) is 3.20. The number of hydrogen-bond acceptors (Lipinski definition) is 2.